The maximum absolute atomic E-state index is 4.43. The number of nitrogens with one attached hydrogen (secondary N) is 1. The minimum absolute atomic E-state index is 0.590. The molecular weight excluding hydrogens is 236 g/mol. The first-order valence-electron chi connectivity index (χ1n) is 7.66. The maximum Gasteiger partial charge on any atom is 0.109 e. The van der Waals surface area contributed by atoms with E-state index in [4.69, 9.17) is 0 Å². The Morgan fingerprint density at radius 3 is 3.00 bits per heavy atom. The first kappa shape index (κ1) is 14.5. The van der Waals surface area contributed by atoms with E-state index in [-0.39, 0.29) is 0 Å². The molecule has 1 aromatic rings. The van der Waals surface area contributed by atoms with Gasteiger partial charge in [0.1, 0.15) is 5.82 Å². The van der Waals surface area contributed by atoms with Crippen LogP contribution in [0.1, 0.15) is 38.9 Å². The highest BCUT2D eigenvalue weighted by atomic mass is 15.2. The van der Waals surface area contributed by atoms with E-state index in [2.05, 4.69) is 40.7 Å². The van der Waals surface area contributed by atoms with Gasteiger partial charge in [-0.2, -0.15) is 0 Å². The number of aromatic nitrogens is 2. The van der Waals surface area contributed by atoms with Crippen LogP contribution in [0.5, 0.6) is 0 Å². The van der Waals surface area contributed by atoms with E-state index in [9.17, 15) is 0 Å². The average molecular weight is 264 g/mol. The van der Waals surface area contributed by atoms with Gasteiger partial charge in [-0.05, 0) is 32.9 Å². The van der Waals surface area contributed by atoms with E-state index in [0.717, 1.165) is 19.5 Å². The van der Waals surface area contributed by atoms with E-state index in [0.29, 0.717) is 12.1 Å². The third kappa shape index (κ3) is 3.80. The van der Waals surface area contributed by atoms with Crippen molar-refractivity contribution in [3.8, 4) is 0 Å². The molecule has 0 radical (unpaired) electrons. The molecule has 1 aromatic heterocycles. The van der Waals surface area contributed by atoms with E-state index >= 15 is 0 Å². The van der Waals surface area contributed by atoms with Crippen LogP contribution < -0.4 is 5.32 Å². The van der Waals surface area contributed by atoms with Crippen molar-refractivity contribution in [3.05, 3.63) is 18.2 Å². The summed E-state index contributed by atoms with van der Waals surface area (Å²) in [4.78, 5) is 7.09. The highest BCUT2D eigenvalue weighted by Gasteiger charge is 2.26. The van der Waals surface area contributed by atoms with E-state index < -0.39 is 0 Å². The molecule has 1 aliphatic rings. The predicted octanol–water partition coefficient (Wildman–Crippen LogP) is 1.82. The van der Waals surface area contributed by atoms with Crippen molar-refractivity contribution in [2.24, 2.45) is 7.05 Å². The molecule has 0 spiro atoms. The zero-order valence-electron chi connectivity index (χ0n) is 12.6. The minimum Gasteiger partial charge on any atom is -0.338 e. The Hall–Kier alpha value is -0.870. The summed E-state index contributed by atoms with van der Waals surface area (Å²) in [6.07, 6.45) is 9.03. The van der Waals surface area contributed by atoms with Crippen LogP contribution in [0.2, 0.25) is 0 Å². The van der Waals surface area contributed by atoms with Crippen LogP contribution in [-0.2, 0) is 13.5 Å². The number of aryl methyl sites for hydroxylation is 1. The van der Waals surface area contributed by atoms with E-state index in [1.807, 2.05) is 12.4 Å². The van der Waals surface area contributed by atoms with Crippen molar-refractivity contribution in [1.29, 1.82) is 0 Å². The largest absolute Gasteiger partial charge is 0.338 e. The molecule has 2 heterocycles. The van der Waals surface area contributed by atoms with Crippen LogP contribution in [0, 0.1) is 0 Å². The van der Waals surface area contributed by atoms with Gasteiger partial charge in [0.25, 0.3) is 0 Å². The summed E-state index contributed by atoms with van der Waals surface area (Å²) >= 11 is 0. The lowest BCUT2D eigenvalue weighted by atomic mass is 9.96. The Balaban J connectivity index is 1.90. The highest BCUT2D eigenvalue weighted by Crippen LogP contribution is 2.20. The molecule has 19 heavy (non-hydrogen) atoms. The summed E-state index contributed by atoms with van der Waals surface area (Å²) < 4.78 is 2.13. The van der Waals surface area contributed by atoms with Crippen molar-refractivity contribution in [2.45, 2.75) is 51.6 Å². The number of likely N-dealkylation sites (N-methyl/N-ethyl adjacent to an activating group) is 1. The number of hydrogen-bond donors (Lipinski definition) is 1. The van der Waals surface area contributed by atoms with Gasteiger partial charge in [-0.15, -0.1) is 0 Å². The van der Waals surface area contributed by atoms with Crippen molar-refractivity contribution in [1.82, 2.24) is 19.8 Å². The molecule has 4 nitrogen and oxygen atoms in total. The maximum atomic E-state index is 4.43. The quantitative estimate of drug-likeness (QED) is 0.851. The molecule has 108 valence electrons. The monoisotopic (exact) mass is 264 g/mol. The van der Waals surface area contributed by atoms with Gasteiger partial charge < -0.3 is 9.88 Å². The fourth-order valence-corrected chi connectivity index (χ4v) is 3.20. The number of nitrogens with zero attached hydrogens (tertiary/aromatic N) is 3. The lowest BCUT2D eigenvalue weighted by Gasteiger charge is -2.39. The Morgan fingerprint density at radius 2 is 2.32 bits per heavy atom. The zero-order chi connectivity index (χ0) is 13.7. The molecule has 0 aliphatic carbocycles. The van der Waals surface area contributed by atoms with Crippen LogP contribution in [-0.4, -0.2) is 46.2 Å². The van der Waals surface area contributed by atoms with Crippen molar-refractivity contribution < 1.29 is 0 Å². The Kier molecular flexibility index (Phi) is 5.40. The molecule has 0 bridgehead atoms. The number of imidazole rings is 1. The van der Waals surface area contributed by atoms with Gasteiger partial charge in [0.05, 0.1) is 0 Å². The van der Waals surface area contributed by atoms with Gasteiger partial charge in [-0.25, -0.2) is 4.98 Å². The lowest BCUT2D eigenvalue weighted by Crippen LogP contribution is -2.51. The van der Waals surface area contributed by atoms with Crippen LogP contribution in [0.4, 0.5) is 0 Å². The second-order valence-electron chi connectivity index (χ2n) is 5.65. The Morgan fingerprint density at radius 1 is 1.47 bits per heavy atom. The molecule has 2 atom stereocenters. The van der Waals surface area contributed by atoms with Gasteiger partial charge >= 0.3 is 0 Å². The van der Waals surface area contributed by atoms with Crippen molar-refractivity contribution in [2.75, 3.05) is 19.6 Å². The second-order valence-corrected chi connectivity index (χ2v) is 5.65. The molecule has 4 heteroatoms. The molecule has 1 saturated heterocycles. The molecule has 2 rings (SSSR count). The molecular formula is C15H28N4. The molecule has 1 fully saturated rings. The van der Waals surface area contributed by atoms with E-state index in [1.54, 1.807) is 0 Å². The van der Waals surface area contributed by atoms with Gasteiger partial charge in [0, 0.05) is 44.5 Å². The molecule has 2 unspecified atom stereocenters. The molecule has 0 aromatic carbocycles. The third-order valence-electron chi connectivity index (χ3n) is 4.31. The van der Waals surface area contributed by atoms with Crippen LogP contribution in [0.15, 0.2) is 12.4 Å². The van der Waals surface area contributed by atoms with Crippen LogP contribution in [0.3, 0.4) is 0 Å². The van der Waals surface area contributed by atoms with Gasteiger partial charge in [-0.1, -0.05) is 13.3 Å². The molecule has 1 N–H and O–H groups in total. The summed E-state index contributed by atoms with van der Waals surface area (Å²) in [7, 11) is 2.08. The van der Waals surface area contributed by atoms with Gasteiger partial charge in [-0.3, -0.25) is 4.90 Å². The molecule has 0 saturated carbocycles. The summed E-state index contributed by atoms with van der Waals surface area (Å²) in [6, 6.07) is 1.28. The highest BCUT2D eigenvalue weighted by molar-refractivity contribution is 4.93. The lowest BCUT2D eigenvalue weighted by molar-refractivity contribution is 0.120. The van der Waals surface area contributed by atoms with Crippen LogP contribution >= 0.6 is 0 Å². The summed E-state index contributed by atoms with van der Waals surface area (Å²) in [5.41, 5.74) is 0. The predicted molar refractivity (Wildman–Crippen MR) is 79.3 cm³/mol. The number of rotatable bonds is 6. The second kappa shape index (κ2) is 7.06. The first-order chi connectivity index (χ1) is 9.22. The summed E-state index contributed by atoms with van der Waals surface area (Å²) in [5, 5.41) is 3.59. The van der Waals surface area contributed by atoms with Gasteiger partial charge in [0.2, 0.25) is 0 Å². The standard InChI is InChI=1S/C15H28N4/c1-4-16-13(2)14-7-5-6-10-19(14)11-8-15-17-9-12-18(15)3/h9,12-14,16H,4-8,10-11H2,1-3H3. The normalized spacial score (nSPS) is 22.6. The van der Waals surface area contributed by atoms with E-state index in [1.165, 1.54) is 31.6 Å². The molecule has 0 amide bonds. The topological polar surface area (TPSA) is 33.1 Å². The summed E-state index contributed by atoms with van der Waals surface area (Å²) in [5.74, 6) is 1.19. The Labute approximate surface area is 117 Å². The third-order valence-corrected chi connectivity index (χ3v) is 4.31. The number of piperidine rings is 1. The minimum atomic E-state index is 0.590. The average Bonchev–Trinajstić information content (AvgIpc) is 2.82. The fraction of sp³-hybridized carbons (Fsp3) is 0.800. The smallest absolute Gasteiger partial charge is 0.109 e. The van der Waals surface area contributed by atoms with Gasteiger partial charge in [0.15, 0.2) is 0 Å². The zero-order valence-corrected chi connectivity index (χ0v) is 12.6. The summed E-state index contributed by atoms with van der Waals surface area (Å²) in [6.45, 7) is 7.95. The van der Waals surface area contributed by atoms with Crippen LogP contribution in [0.25, 0.3) is 0 Å². The molecule has 1 aliphatic heterocycles. The Bertz CT molecular complexity index is 374. The number of hydrogen-bond acceptors (Lipinski definition) is 3. The first-order valence-corrected chi connectivity index (χ1v) is 7.66. The number of likely N-dealkylation sites (tertiary alicyclic amines) is 1. The van der Waals surface area contributed by atoms with Crippen molar-refractivity contribution >= 4 is 0 Å². The SMILES string of the molecule is CCNC(C)C1CCCCN1CCc1nccn1C. The fourth-order valence-electron chi connectivity index (χ4n) is 3.20. The van der Waals surface area contributed by atoms with Crippen molar-refractivity contribution in [3.63, 3.8) is 0 Å².